The average Bonchev–Trinajstić information content (AvgIpc) is 2.45. The Morgan fingerprint density at radius 1 is 1.14 bits per heavy atom. The highest BCUT2D eigenvalue weighted by molar-refractivity contribution is 7.93. The van der Waals surface area contributed by atoms with Gasteiger partial charge in [0.25, 0.3) is 10.1 Å². The van der Waals surface area contributed by atoms with Crippen molar-refractivity contribution in [3.63, 3.8) is 0 Å². The molecular formula is C12H19N3O5S2. The Morgan fingerprint density at radius 2 is 1.77 bits per heavy atom. The van der Waals surface area contributed by atoms with Crippen molar-refractivity contribution < 1.29 is 21.4 Å². The molecule has 2 rings (SSSR count). The molecule has 0 spiro atoms. The van der Waals surface area contributed by atoms with Crippen LogP contribution in [0.25, 0.3) is 0 Å². The fraction of sp³-hybridized carbons (Fsp3) is 0.500. The Bertz CT molecular complexity index is 740. The minimum Gasteiger partial charge on any atom is -0.399 e. The molecular weight excluding hydrogens is 330 g/mol. The second kappa shape index (κ2) is 6.41. The highest BCUT2D eigenvalue weighted by Crippen LogP contribution is 2.28. The lowest BCUT2D eigenvalue weighted by Crippen LogP contribution is -2.44. The second-order valence-corrected chi connectivity index (χ2v) is 8.72. The lowest BCUT2D eigenvalue weighted by atomic mass is 10.2. The molecule has 0 bridgehead atoms. The lowest BCUT2D eigenvalue weighted by Gasteiger charge is -2.31. The topological polar surface area (TPSA) is 130 Å². The van der Waals surface area contributed by atoms with E-state index in [0.717, 1.165) is 13.1 Å². The van der Waals surface area contributed by atoms with Gasteiger partial charge in [0.05, 0.1) is 22.1 Å². The SMILES string of the molecule is Nc1ccc(N2CCNCC2)c(S(=O)(=O)CCS(=O)(=O)O)c1. The number of hydrogen-bond acceptors (Lipinski definition) is 7. The van der Waals surface area contributed by atoms with Gasteiger partial charge in [0.15, 0.2) is 9.84 Å². The van der Waals surface area contributed by atoms with Crippen molar-refractivity contribution in [2.45, 2.75) is 4.90 Å². The summed E-state index contributed by atoms with van der Waals surface area (Å²) in [6.07, 6.45) is 0. The first-order chi connectivity index (χ1) is 10.2. The molecule has 124 valence electrons. The number of nitrogens with one attached hydrogen (secondary N) is 1. The Kier molecular flexibility index (Phi) is 4.95. The molecule has 0 amide bonds. The maximum atomic E-state index is 12.4. The van der Waals surface area contributed by atoms with Crippen molar-refractivity contribution in [1.29, 1.82) is 0 Å². The monoisotopic (exact) mass is 349 g/mol. The van der Waals surface area contributed by atoms with E-state index in [0.29, 0.717) is 18.8 Å². The normalized spacial score (nSPS) is 16.7. The van der Waals surface area contributed by atoms with Crippen molar-refractivity contribution in [3.05, 3.63) is 18.2 Å². The predicted molar refractivity (Wildman–Crippen MR) is 84.4 cm³/mol. The highest BCUT2D eigenvalue weighted by atomic mass is 32.2. The molecule has 10 heteroatoms. The van der Waals surface area contributed by atoms with E-state index in [-0.39, 0.29) is 10.6 Å². The third-order valence-corrected chi connectivity index (χ3v) is 6.10. The lowest BCUT2D eigenvalue weighted by molar-refractivity contribution is 0.484. The molecule has 0 saturated carbocycles. The Balaban J connectivity index is 2.37. The second-order valence-electron chi connectivity index (χ2n) is 5.07. The van der Waals surface area contributed by atoms with E-state index >= 15 is 0 Å². The van der Waals surface area contributed by atoms with Gasteiger partial charge in [0.1, 0.15) is 0 Å². The van der Waals surface area contributed by atoms with Crippen LogP contribution in [0.3, 0.4) is 0 Å². The molecule has 0 aromatic heterocycles. The quantitative estimate of drug-likeness (QED) is 0.472. The maximum absolute atomic E-state index is 12.4. The molecule has 1 aromatic rings. The molecule has 22 heavy (non-hydrogen) atoms. The summed E-state index contributed by atoms with van der Waals surface area (Å²) in [4.78, 5) is 1.91. The number of sulfone groups is 1. The van der Waals surface area contributed by atoms with Crippen LogP contribution in [0.4, 0.5) is 11.4 Å². The van der Waals surface area contributed by atoms with E-state index in [1.165, 1.54) is 6.07 Å². The van der Waals surface area contributed by atoms with Gasteiger partial charge in [-0.25, -0.2) is 8.42 Å². The van der Waals surface area contributed by atoms with Crippen molar-refractivity contribution in [1.82, 2.24) is 5.32 Å². The largest absolute Gasteiger partial charge is 0.399 e. The van der Waals surface area contributed by atoms with Crippen LogP contribution < -0.4 is 16.0 Å². The van der Waals surface area contributed by atoms with E-state index in [4.69, 9.17) is 10.3 Å². The molecule has 1 saturated heterocycles. The standard InChI is InChI=1S/C12H19N3O5S2/c13-10-1-2-11(15-5-3-14-4-6-15)12(9-10)21(16,17)7-8-22(18,19)20/h1-2,9,14H,3-8,13H2,(H,18,19,20). The predicted octanol–water partition coefficient (Wildman–Crippen LogP) is -0.660. The molecule has 0 aliphatic carbocycles. The summed E-state index contributed by atoms with van der Waals surface area (Å²) in [7, 11) is -8.22. The zero-order chi connectivity index (χ0) is 16.4. The number of hydrogen-bond donors (Lipinski definition) is 3. The van der Waals surface area contributed by atoms with Gasteiger partial charge in [-0.2, -0.15) is 8.42 Å². The zero-order valence-corrected chi connectivity index (χ0v) is 13.5. The summed E-state index contributed by atoms with van der Waals surface area (Å²) >= 11 is 0. The van der Waals surface area contributed by atoms with Gasteiger partial charge in [0, 0.05) is 31.9 Å². The molecule has 1 aliphatic heterocycles. The van der Waals surface area contributed by atoms with Gasteiger partial charge in [-0.1, -0.05) is 0 Å². The molecule has 8 nitrogen and oxygen atoms in total. The van der Waals surface area contributed by atoms with E-state index in [1.807, 2.05) is 4.90 Å². The fourth-order valence-electron chi connectivity index (χ4n) is 2.27. The average molecular weight is 349 g/mol. The van der Waals surface area contributed by atoms with Gasteiger partial charge in [-0.05, 0) is 18.2 Å². The highest BCUT2D eigenvalue weighted by Gasteiger charge is 2.25. The van der Waals surface area contributed by atoms with Crippen LogP contribution in [0.5, 0.6) is 0 Å². The number of anilines is 2. The fourth-order valence-corrected chi connectivity index (χ4v) is 5.04. The van der Waals surface area contributed by atoms with Gasteiger partial charge in [0.2, 0.25) is 0 Å². The molecule has 0 radical (unpaired) electrons. The first-order valence-electron chi connectivity index (χ1n) is 6.72. The smallest absolute Gasteiger partial charge is 0.265 e. The van der Waals surface area contributed by atoms with Gasteiger partial charge in [-0.3, -0.25) is 4.55 Å². The van der Waals surface area contributed by atoms with E-state index in [2.05, 4.69) is 5.32 Å². The molecule has 1 aliphatic rings. The molecule has 4 N–H and O–H groups in total. The molecule has 1 heterocycles. The first-order valence-corrected chi connectivity index (χ1v) is 9.98. The number of nitrogens with two attached hydrogens (primary N) is 1. The minimum atomic E-state index is -4.35. The van der Waals surface area contributed by atoms with Crippen molar-refractivity contribution in [3.8, 4) is 0 Å². The van der Waals surface area contributed by atoms with E-state index in [9.17, 15) is 16.8 Å². The zero-order valence-electron chi connectivity index (χ0n) is 11.9. The van der Waals surface area contributed by atoms with Gasteiger partial charge >= 0.3 is 0 Å². The number of rotatable bonds is 5. The van der Waals surface area contributed by atoms with Crippen molar-refractivity contribution in [2.75, 3.05) is 48.3 Å². The summed E-state index contributed by atoms with van der Waals surface area (Å²) in [5.74, 6) is -1.53. The Labute approximate surface area is 130 Å². The first kappa shape index (κ1) is 17.0. The number of nitrogens with zero attached hydrogens (tertiary/aromatic N) is 1. The third-order valence-electron chi connectivity index (χ3n) is 3.39. The number of piperazine rings is 1. The Hall–Kier alpha value is -1.36. The van der Waals surface area contributed by atoms with Gasteiger partial charge < -0.3 is 16.0 Å². The van der Waals surface area contributed by atoms with E-state index in [1.54, 1.807) is 12.1 Å². The van der Waals surface area contributed by atoms with Crippen LogP contribution in [0.2, 0.25) is 0 Å². The van der Waals surface area contributed by atoms with Crippen LogP contribution >= 0.6 is 0 Å². The summed E-state index contributed by atoms with van der Waals surface area (Å²) in [6.45, 7) is 2.75. The van der Waals surface area contributed by atoms with Gasteiger partial charge in [-0.15, -0.1) is 0 Å². The summed E-state index contributed by atoms with van der Waals surface area (Å²) in [5.41, 5.74) is 6.46. The molecule has 1 aromatic carbocycles. The molecule has 1 fully saturated rings. The van der Waals surface area contributed by atoms with Crippen molar-refractivity contribution in [2.24, 2.45) is 0 Å². The number of benzene rings is 1. The third kappa shape index (κ3) is 4.32. The van der Waals surface area contributed by atoms with Crippen molar-refractivity contribution >= 4 is 31.3 Å². The minimum absolute atomic E-state index is 0.00181. The number of nitrogen functional groups attached to an aromatic ring is 1. The van der Waals surface area contributed by atoms with E-state index < -0.39 is 31.5 Å². The molecule has 0 atom stereocenters. The van der Waals surface area contributed by atoms with Crippen LogP contribution in [-0.4, -0.2) is 59.1 Å². The van der Waals surface area contributed by atoms with Crippen LogP contribution in [-0.2, 0) is 20.0 Å². The summed E-state index contributed by atoms with van der Waals surface area (Å²) in [6, 6.07) is 4.57. The Morgan fingerprint density at radius 3 is 2.36 bits per heavy atom. The van der Waals surface area contributed by atoms with Crippen LogP contribution in [0.15, 0.2) is 23.1 Å². The van der Waals surface area contributed by atoms with Crippen LogP contribution in [0.1, 0.15) is 0 Å². The van der Waals surface area contributed by atoms with Crippen LogP contribution in [0, 0.1) is 0 Å². The summed E-state index contributed by atoms with van der Waals surface area (Å²) < 4.78 is 55.2. The maximum Gasteiger partial charge on any atom is 0.265 e. The molecule has 0 unspecified atom stereocenters. The summed E-state index contributed by atoms with van der Waals surface area (Å²) in [5, 5.41) is 3.17.